The average Bonchev–Trinajstić information content (AvgIpc) is 2.91. The molecule has 1 saturated heterocycles. The zero-order chi connectivity index (χ0) is 17.1. The normalized spacial score (nSPS) is 18.8. The number of amides is 1. The van der Waals surface area contributed by atoms with E-state index in [2.05, 4.69) is 24.1 Å². The van der Waals surface area contributed by atoms with Crippen LogP contribution in [-0.4, -0.2) is 47.0 Å². The Morgan fingerprint density at radius 3 is 2.67 bits per heavy atom. The minimum absolute atomic E-state index is 0.0123. The van der Waals surface area contributed by atoms with Crippen molar-refractivity contribution in [3.8, 4) is 0 Å². The van der Waals surface area contributed by atoms with Gasteiger partial charge in [0.1, 0.15) is 0 Å². The standard InChI is InChI=1S/C18H23N3O2S/c1-14-13-24-18(23)20(14)9-8-17(22)21-11-10-19(2)12-16(21)15-6-4-3-5-7-15/h3-7,13,16H,8-12H2,1-2H3/t16-/m1/s1. The number of hydrogen-bond donors (Lipinski definition) is 0. The molecule has 2 heterocycles. The summed E-state index contributed by atoms with van der Waals surface area (Å²) in [5.41, 5.74) is 2.09. The summed E-state index contributed by atoms with van der Waals surface area (Å²) in [6.07, 6.45) is 0.366. The van der Waals surface area contributed by atoms with E-state index in [9.17, 15) is 9.59 Å². The third-order valence-corrected chi connectivity index (χ3v) is 5.49. The molecule has 0 saturated carbocycles. The van der Waals surface area contributed by atoms with E-state index in [4.69, 9.17) is 0 Å². The highest BCUT2D eigenvalue weighted by atomic mass is 32.1. The monoisotopic (exact) mass is 345 g/mol. The summed E-state index contributed by atoms with van der Waals surface area (Å²) in [6, 6.07) is 10.3. The molecule has 24 heavy (non-hydrogen) atoms. The second-order valence-corrected chi connectivity index (χ2v) is 7.14. The van der Waals surface area contributed by atoms with Gasteiger partial charge in [0.05, 0.1) is 6.04 Å². The lowest BCUT2D eigenvalue weighted by molar-refractivity contribution is -0.136. The van der Waals surface area contributed by atoms with Crippen LogP contribution in [0.25, 0.3) is 0 Å². The van der Waals surface area contributed by atoms with Gasteiger partial charge in [-0.25, -0.2) is 0 Å². The number of aromatic nitrogens is 1. The smallest absolute Gasteiger partial charge is 0.307 e. The van der Waals surface area contributed by atoms with Gasteiger partial charge in [0, 0.05) is 43.7 Å². The predicted molar refractivity (Wildman–Crippen MR) is 96.3 cm³/mol. The molecule has 0 aliphatic carbocycles. The van der Waals surface area contributed by atoms with Crippen LogP contribution < -0.4 is 4.87 Å². The van der Waals surface area contributed by atoms with Crippen molar-refractivity contribution in [1.29, 1.82) is 0 Å². The SMILES string of the molecule is Cc1csc(=O)n1CCC(=O)N1CCN(C)C[C@@H]1c1ccccc1. The first-order valence-electron chi connectivity index (χ1n) is 8.24. The highest BCUT2D eigenvalue weighted by Gasteiger charge is 2.29. The van der Waals surface area contributed by atoms with Crippen LogP contribution in [0.3, 0.4) is 0 Å². The summed E-state index contributed by atoms with van der Waals surface area (Å²) in [7, 11) is 2.09. The van der Waals surface area contributed by atoms with Gasteiger partial charge >= 0.3 is 4.87 Å². The fraction of sp³-hybridized carbons (Fsp3) is 0.444. The molecule has 1 fully saturated rings. The lowest BCUT2D eigenvalue weighted by Crippen LogP contribution is -2.49. The average molecular weight is 345 g/mol. The van der Waals surface area contributed by atoms with Crippen LogP contribution >= 0.6 is 11.3 Å². The second-order valence-electron chi connectivity index (χ2n) is 6.32. The highest BCUT2D eigenvalue weighted by molar-refractivity contribution is 7.07. The number of carbonyl (C=O) groups excluding carboxylic acids is 1. The third-order valence-electron chi connectivity index (χ3n) is 4.61. The fourth-order valence-corrected chi connectivity index (χ4v) is 3.97. The second kappa shape index (κ2) is 7.32. The van der Waals surface area contributed by atoms with Gasteiger partial charge in [0.2, 0.25) is 5.91 Å². The number of carbonyl (C=O) groups is 1. The van der Waals surface area contributed by atoms with Gasteiger partial charge in [-0.2, -0.15) is 0 Å². The zero-order valence-electron chi connectivity index (χ0n) is 14.1. The lowest BCUT2D eigenvalue weighted by Gasteiger charge is -2.40. The minimum Gasteiger partial charge on any atom is -0.333 e. The molecular formula is C18H23N3O2S. The van der Waals surface area contributed by atoms with E-state index in [1.54, 1.807) is 4.57 Å². The van der Waals surface area contributed by atoms with Crippen molar-refractivity contribution in [2.45, 2.75) is 25.9 Å². The lowest BCUT2D eigenvalue weighted by atomic mass is 10.0. The van der Waals surface area contributed by atoms with Crippen LogP contribution in [0.4, 0.5) is 0 Å². The van der Waals surface area contributed by atoms with Crippen molar-refractivity contribution in [3.63, 3.8) is 0 Å². The molecule has 3 rings (SSSR count). The van der Waals surface area contributed by atoms with Crippen molar-refractivity contribution < 1.29 is 4.79 Å². The maximum Gasteiger partial charge on any atom is 0.307 e. The van der Waals surface area contributed by atoms with Gasteiger partial charge in [-0.3, -0.25) is 9.59 Å². The van der Waals surface area contributed by atoms with Crippen molar-refractivity contribution in [2.24, 2.45) is 0 Å². The predicted octanol–water partition coefficient (Wildman–Crippen LogP) is 2.12. The van der Waals surface area contributed by atoms with E-state index in [0.717, 1.165) is 25.3 Å². The fourth-order valence-electron chi connectivity index (χ4n) is 3.20. The Morgan fingerprint density at radius 2 is 2.00 bits per heavy atom. The van der Waals surface area contributed by atoms with E-state index in [1.165, 1.54) is 16.9 Å². The van der Waals surface area contributed by atoms with Crippen LogP contribution in [0.15, 0.2) is 40.5 Å². The molecule has 1 amide bonds. The first-order chi connectivity index (χ1) is 11.6. The van der Waals surface area contributed by atoms with E-state index < -0.39 is 0 Å². The van der Waals surface area contributed by atoms with Crippen molar-refractivity contribution >= 4 is 17.2 Å². The van der Waals surface area contributed by atoms with Gasteiger partial charge in [-0.05, 0) is 19.5 Å². The van der Waals surface area contributed by atoms with Crippen LogP contribution in [-0.2, 0) is 11.3 Å². The summed E-state index contributed by atoms with van der Waals surface area (Å²) < 4.78 is 1.69. The van der Waals surface area contributed by atoms with Gasteiger partial charge in [-0.15, -0.1) is 0 Å². The number of hydrogen-bond acceptors (Lipinski definition) is 4. The molecule has 0 unspecified atom stereocenters. The number of rotatable bonds is 4. The number of benzene rings is 1. The van der Waals surface area contributed by atoms with Crippen LogP contribution in [0.2, 0.25) is 0 Å². The molecule has 2 aromatic rings. The first kappa shape index (κ1) is 16.9. The number of thiazole rings is 1. The van der Waals surface area contributed by atoms with Crippen LogP contribution in [0.1, 0.15) is 23.7 Å². The zero-order valence-corrected chi connectivity index (χ0v) is 15.0. The van der Waals surface area contributed by atoms with E-state index in [0.29, 0.717) is 13.0 Å². The highest BCUT2D eigenvalue weighted by Crippen LogP contribution is 2.25. The summed E-state index contributed by atoms with van der Waals surface area (Å²) in [6.45, 7) is 4.82. The van der Waals surface area contributed by atoms with Crippen LogP contribution in [0.5, 0.6) is 0 Å². The van der Waals surface area contributed by atoms with Gasteiger partial charge in [0.25, 0.3) is 0 Å². The van der Waals surface area contributed by atoms with Crippen LogP contribution in [0, 0.1) is 6.92 Å². The molecule has 1 aromatic heterocycles. The van der Waals surface area contributed by atoms with Crippen molar-refractivity contribution in [1.82, 2.24) is 14.4 Å². The molecule has 0 bridgehead atoms. The first-order valence-corrected chi connectivity index (χ1v) is 9.12. The molecule has 128 valence electrons. The maximum absolute atomic E-state index is 12.8. The Hall–Kier alpha value is -1.92. The summed E-state index contributed by atoms with van der Waals surface area (Å²) in [5.74, 6) is 0.120. The summed E-state index contributed by atoms with van der Waals surface area (Å²) in [5, 5.41) is 1.84. The number of piperazine rings is 1. The molecular weight excluding hydrogens is 322 g/mol. The Kier molecular flexibility index (Phi) is 5.16. The van der Waals surface area contributed by atoms with Gasteiger partial charge in [0.15, 0.2) is 0 Å². The van der Waals surface area contributed by atoms with E-state index in [1.807, 2.05) is 35.4 Å². The number of nitrogens with zero attached hydrogens (tertiary/aromatic N) is 3. The maximum atomic E-state index is 12.8. The molecule has 6 heteroatoms. The molecule has 1 aromatic carbocycles. The number of aryl methyl sites for hydroxylation is 1. The molecule has 1 aliphatic rings. The third kappa shape index (κ3) is 3.60. The Morgan fingerprint density at radius 1 is 1.25 bits per heavy atom. The Bertz CT molecular complexity index is 753. The minimum atomic E-state index is 0.0123. The summed E-state index contributed by atoms with van der Waals surface area (Å²) >= 11 is 1.19. The van der Waals surface area contributed by atoms with Crippen molar-refractivity contribution in [3.05, 3.63) is 56.6 Å². The molecule has 0 N–H and O–H groups in total. The van der Waals surface area contributed by atoms with Crippen molar-refractivity contribution in [2.75, 3.05) is 26.7 Å². The molecule has 0 radical (unpaired) electrons. The molecule has 1 atom stereocenters. The molecule has 0 spiro atoms. The number of likely N-dealkylation sites (N-methyl/N-ethyl adjacent to an activating group) is 1. The van der Waals surface area contributed by atoms with E-state index in [-0.39, 0.29) is 16.8 Å². The quantitative estimate of drug-likeness (QED) is 0.853. The summed E-state index contributed by atoms with van der Waals surface area (Å²) in [4.78, 5) is 28.9. The Labute approximate surface area is 146 Å². The Balaban J connectivity index is 1.73. The molecule has 5 nitrogen and oxygen atoms in total. The van der Waals surface area contributed by atoms with E-state index >= 15 is 0 Å². The van der Waals surface area contributed by atoms with Gasteiger partial charge in [-0.1, -0.05) is 41.7 Å². The topological polar surface area (TPSA) is 45.6 Å². The molecule has 1 aliphatic heterocycles. The van der Waals surface area contributed by atoms with Gasteiger partial charge < -0.3 is 14.4 Å². The largest absolute Gasteiger partial charge is 0.333 e.